The number of carboxylic acid groups (broad SMARTS) is 1. The number of aromatic nitrogens is 1. The Kier molecular flexibility index (Phi) is 4.16. The number of halogens is 1. The highest BCUT2D eigenvalue weighted by Gasteiger charge is 2.34. The Labute approximate surface area is 118 Å². The van der Waals surface area contributed by atoms with Crippen LogP contribution in [-0.4, -0.2) is 34.2 Å². The number of amides is 1. The minimum atomic E-state index is -1.03. The molecule has 102 valence electrons. The van der Waals surface area contributed by atoms with Crippen molar-refractivity contribution in [3.63, 3.8) is 0 Å². The van der Waals surface area contributed by atoms with Crippen molar-refractivity contribution < 1.29 is 19.4 Å². The second-order valence-electron chi connectivity index (χ2n) is 4.29. The monoisotopic (exact) mass is 328 g/mol. The van der Waals surface area contributed by atoms with Gasteiger partial charge in [-0.3, -0.25) is 4.79 Å². The lowest BCUT2D eigenvalue weighted by molar-refractivity contribution is -0.150. The molecule has 2 atom stereocenters. The summed E-state index contributed by atoms with van der Waals surface area (Å²) in [4.78, 5) is 26.9. The van der Waals surface area contributed by atoms with E-state index in [2.05, 4.69) is 26.2 Å². The molecule has 1 saturated heterocycles. The van der Waals surface area contributed by atoms with E-state index in [1.165, 1.54) is 0 Å². The van der Waals surface area contributed by atoms with Gasteiger partial charge in [0.1, 0.15) is 10.7 Å². The van der Waals surface area contributed by atoms with Gasteiger partial charge < -0.3 is 15.2 Å². The predicted molar refractivity (Wildman–Crippen MR) is 70.8 cm³/mol. The average molecular weight is 329 g/mol. The van der Waals surface area contributed by atoms with Crippen molar-refractivity contribution in [2.24, 2.45) is 0 Å². The fourth-order valence-corrected chi connectivity index (χ4v) is 2.29. The molecule has 1 aliphatic rings. The summed E-state index contributed by atoms with van der Waals surface area (Å²) in [6.45, 7) is 1.77. The van der Waals surface area contributed by atoms with E-state index in [1.807, 2.05) is 0 Å². The van der Waals surface area contributed by atoms with Crippen molar-refractivity contribution in [3.05, 3.63) is 22.4 Å². The van der Waals surface area contributed by atoms with Crippen LogP contribution < -0.4 is 5.32 Å². The number of carbonyl (C=O) groups excluding carboxylic acids is 1. The van der Waals surface area contributed by atoms with Crippen LogP contribution in [0.1, 0.15) is 18.5 Å². The van der Waals surface area contributed by atoms with Gasteiger partial charge in [0.2, 0.25) is 0 Å². The van der Waals surface area contributed by atoms with Gasteiger partial charge in [-0.25, -0.2) is 9.78 Å². The number of aryl methyl sites for hydroxylation is 1. The van der Waals surface area contributed by atoms with Gasteiger partial charge in [0.05, 0.1) is 11.4 Å². The Hall–Kier alpha value is -1.47. The second kappa shape index (κ2) is 5.66. The molecule has 6 nitrogen and oxygen atoms in total. The normalized spacial score (nSPS) is 22.2. The summed E-state index contributed by atoms with van der Waals surface area (Å²) in [6, 6.07) is 3.45. The van der Waals surface area contributed by atoms with Crippen molar-refractivity contribution in [2.45, 2.75) is 32.0 Å². The third-order valence-corrected chi connectivity index (χ3v) is 3.34. The molecule has 2 heterocycles. The number of nitrogens with zero attached hydrogens (tertiary/aromatic N) is 1. The molecule has 2 unspecified atom stereocenters. The first-order valence-corrected chi connectivity index (χ1v) is 6.59. The van der Waals surface area contributed by atoms with Gasteiger partial charge in [-0.2, -0.15) is 0 Å². The zero-order valence-electron chi connectivity index (χ0n) is 10.2. The third kappa shape index (κ3) is 3.30. The van der Waals surface area contributed by atoms with Gasteiger partial charge in [0.15, 0.2) is 6.10 Å². The number of pyridine rings is 1. The van der Waals surface area contributed by atoms with Gasteiger partial charge in [-0.05, 0) is 47.8 Å². The molecule has 1 fully saturated rings. The maximum Gasteiger partial charge on any atom is 0.332 e. The number of ether oxygens (including phenoxy) is 1. The summed E-state index contributed by atoms with van der Waals surface area (Å²) >= 11 is 3.24. The molecule has 0 aliphatic carbocycles. The van der Waals surface area contributed by atoms with Crippen LogP contribution in [0.3, 0.4) is 0 Å². The zero-order chi connectivity index (χ0) is 14.0. The van der Waals surface area contributed by atoms with E-state index in [0.717, 1.165) is 0 Å². The van der Waals surface area contributed by atoms with E-state index in [4.69, 9.17) is 9.84 Å². The topological polar surface area (TPSA) is 88.5 Å². The SMILES string of the molecule is Cc1nc(Br)ccc1NC(=O)C1CCC(C(=O)O)O1. The standard InChI is InChI=1S/C12H13BrN2O4/c1-6-7(2-5-10(13)14-6)15-11(16)8-3-4-9(19-8)12(17)18/h2,5,8-9H,3-4H2,1H3,(H,15,16)(H,17,18). The first kappa shape index (κ1) is 14.0. The maximum atomic E-state index is 12.0. The molecule has 0 radical (unpaired) electrons. The highest BCUT2D eigenvalue weighted by Crippen LogP contribution is 2.22. The van der Waals surface area contributed by atoms with Crippen molar-refractivity contribution in [1.82, 2.24) is 4.98 Å². The molecule has 1 aliphatic heterocycles. The van der Waals surface area contributed by atoms with Crippen molar-refractivity contribution in [2.75, 3.05) is 5.32 Å². The van der Waals surface area contributed by atoms with Crippen molar-refractivity contribution >= 4 is 33.5 Å². The molecule has 2 rings (SSSR count). The van der Waals surface area contributed by atoms with Gasteiger partial charge in [-0.15, -0.1) is 0 Å². The second-order valence-corrected chi connectivity index (χ2v) is 5.10. The molecule has 7 heteroatoms. The van der Waals surface area contributed by atoms with E-state index < -0.39 is 18.2 Å². The van der Waals surface area contributed by atoms with Crippen LogP contribution in [0.4, 0.5) is 5.69 Å². The summed E-state index contributed by atoms with van der Waals surface area (Å²) in [6.07, 6.45) is -0.847. The molecule has 1 aromatic rings. The van der Waals surface area contributed by atoms with E-state index in [9.17, 15) is 9.59 Å². The maximum absolute atomic E-state index is 12.0. The number of anilines is 1. The molecular formula is C12H13BrN2O4. The van der Waals surface area contributed by atoms with Crippen LogP contribution in [0, 0.1) is 6.92 Å². The molecule has 1 amide bonds. The Morgan fingerprint density at radius 2 is 2.11 bits per heavy atom. The van der Waals surface area contributed by atoms with E-state index >= 15 is 0 Å². The van der Waals surface area contributed by atoms with Gasteiger partial charge >= 0.3 is 5.97 Å². The third-order valence-electron chi connectivity index (χ3n) is 2.90. The van der Waals surface area contributed by atoms with Crippen LogP contribution in [0.25, 0.3) is 0 Å². The number of hydrogen-bond donors (Lipinski definition) is 2. The Balaban J connectivity index is 2.00. The first-order valence-electron chi connectivity index (χ1n) is 5.79. The predicted octanol–water partition coefficient (Wildman–Crippen LogP) is 1.72. The van der Waals surface area contributed by atoms with Crippen molar-refractivity contribution in [3.8, 4) is 0 Å². The number of carboxylic acids is 1. The zero-order valence-corrected chi connectivity index (χ0v) is 11.8. The molecule has 0 aromatic carbocycles. The van der Waals surface area contributed by atoms with Gasteiger partial charge in [-0.1, -0.05) is 0 Å². The average Bonchev–Trinajstić information content (AvgIpc) is 2.82. The lowest BCUT2D eigenvalue weighted by Crippen LogP contribution is -2.30. The highest BCUT2D eigenvalue weighted by molar-refractivity contribution is 9.10. The van der Waals surface area contributed by atoms with Crippen molar-refractivity contribution in [1.29, 1.82) is 0 Å². The molecule has 0 spiro atoms. The van der Waals surface area contributed by atoms with E-state index in [-0.39, 0.29) is 5.91 Å². The first-order chi connectivity index (χ1) is 8.97. The molecule has 0 saturated carbocycles. The lowest BCUT2D eigenvalue weighted by Gasteiger charge is -2.13. The molecule has 0 bridgehead atoms. The minimum Gasteiger partial charge on any atom is -0.479 e. The number of rotatable bonds is 3. The van der Waals surface area contributed by atoms with Crippen LogP contribution in [0.2, 0.25) is 0 Å². The van der Waals surface area contributed by atoms with Gasteiger partial charge in [0.25, 0.3) is 5.91 Å². The molecule has 19 heavy (non-hydrogen) atoms. The highest BCUT2D eigenvalue weighted by atomic mass is 79.9. The Morgan fingerprint density at radius 3 is 2.68 bits per heavy atom. The summed E-state index contributed by atoms with van der Waals surface area (Å²) in [5.74, 6) is -1.37. The number of carbonyl (C=O) groups is 2. The smallest absolute Gasteiger partial charge is 0.332 e. The van der Waals surface area contributed by atoms with Crippen LogP contribution in [0.15, 0.2) is 16.7 Å². The fourth-order valence-electron chi connectivity index (χ4n) is 1.89. The van der Waals surface area contributed by atoms with Crippen LogP contribution >= 0.6 is 15.9 Å². The molecule has 2 N–H and O–H groups in total. The summed E-state index contributed by atoms with van der Waals surface area (Å²) in [5.41, 5.74) is 1.27. The molecular weight excluding hydrogens is 316 g/mol. The molecule has 1 aromatic heterocycles. The van der Waals surface area contributed by atoms with E-state index in [0.29, 0.717) is 28.8 Å². The van der Waals surface area contributed by atoms with E-state index in [1.54, 1.807) is 19.1 Å². The number of nitrogens with one attached hydrogen (secondary N) is 1. The Bertz CT molecular complexity index is 520. The number of hydrogen-bond acceptors (Lipinski definition) is 4. The summed E-state index contributed by atoms with van der Waals surface area (Å²) in [5, 5.41) is 11.5. The lowest BCUT2D eigenvalue weighted by atomic mass is 10.2. The van der Waals surface area contributed by atoms with Crippen LogP contribution in [-0.2, 0) is 14.3 Å². The Morgan fingerprint density at radius 1 is 1.42 bits per heavy atom. The quantitative estimate of drug-likeness (QED) is 0.825. The summed E-state index contributed by atoms with van der Waals surface area (Å²) < 4.78 is 5.87. The van der Waals surface area contributed by atoms with Crippen LogP contribution in [0.5, 0.6) is 0 Å². The fraction of sp³-hybridized carbons (Fsp3) is 0.417. The minimum absolute atomic E-state index is 0.337. The number of aliphatic carboxylic acids is 1. The van der Waals surface area contributed by atoms with Gasteiger partial charge in [0, 0.05) is 0 Å². The largest absolute Gasteiger partial charge is 0.479 e. The summed E-state index contributed by atoms with van der Waals surface area (Å²) in [7, 11) is 0.